The zero-order valence-electron chi connectivity index (χ0n) is 10.1. The van der Waals surface area contributed by atoms with Gasteiger partial charge < -0.3 is 4.74 Å². The number of ether oxygens (including phenoxy) is 1. The normalized spacial score (nSPS) is 10.3. The molecule has 0 amide bonds. The van der Waals surface area contributed by atoms with Gasteiger partial charge in [-0.1, -0.05) is 18.2 Å². The Hall–Kier alpha value is -2.38. The van der Waals surface area contributed by atoms with Gasteiger partial charge in [0.2, 0.25) is 0 Å². The molecule has 0 aliphatic rings. The molecule has 0 atom stereocenters. The monoisotopic (exact) mass is 269 g/mol. The van der Waals surface area contributed by atoms with Crippen LogP contribution in [0.15, 0.2) is 47.9 Å². The first-order valence-corrected chi connectivity index (χ1v) is 6.53. The van der Waals surface area contributed by atoms with Crippen LogP contribution < -0.4 is 0 Å². The van der Waals surface area contributed by atoms with Crippen LogP contribution in [0, 0.1) is 11.3 Å². The van der Waals surface area contributed by atoms with Gasteiger partial charge in [0.05, 0.1) is 11.6 Å². The van der Waals surface area contributed by atoms with E-state index in [4.69, 9.17) is 10.00 Å². The number of carbonyl (C=O) groups excluding carboxylic acids is 1. The number of nitrogens with zero attached hydrogens (tertiary/aromatic N) is 1. The van der Waals surface area contributed by atoms with E-state index in [0.717, 1.165) is 10.4 Å². The van der Waals surface area contributed by atoms with E-state index in [1.807, 2.05) is 29.6 Å². The van der Waals surface area contributed by atoms with Gasteiger partial charge in [0, 0.05) is 11.0 Å². The van der Waals surface area contributed by atoms with E-state index >= 15 is 0 Å². The molecule has 2 aromatic rings. The standard InChI is InChI=1S/C15H11NO2S/c16-10-12-3-1-4-13(9-12)11-18-15(17)7-6-14-5-2-8-19-14/h1-9H,11H2/b7-6+. The fourth-order valence-corrected chi connectivity index (χ4v) is 2.09. The molecule has 0 saturated heterocycles. The molecule has 1 aromatic carbocycles. The summed E-state index contributed by atoms with van der Waals surface area (Å²) >= 11 is 1.55. The zero-order valence-corrected chi connectivity index (χ0v) is 10.9. The van der Waals surface area contributed by atoms with Crippen molar-refractivity contribution in [3.8, 4) is 6.07 Å². The summed E-state index contributed by atoms with van der Waals surface area (Å²) in [7, 11) is 0. The number of esters is 1. The first kappa shape index (κ1) is 13.1. The lowest BCUT2D eigenvalue weighted by Crippen LogP contribution is -2.00. The van der Waals surface area contributed by atoms with Crippen LogP contribution in [0.3, 0.4) is 0 Å². The Balaban J connectivity index is 1.88. The maximum atomic E-state index is 11.5. The molecule has 1 aromatic heterocycles. The van der Waals surface area contributed by atoms with Crippen molar-refractivity contribution in [2.24, 2.45) is 0 Å². The van der Waals surface area contributed by atoms with Crippen LogP contribution in [0.1, 0.15) is 16.0 Å². The first-order chi connectivity index (χ1) is 9.28. The molecule has 0 bridgehead atoms. The second kappa shape index (κ2) is 6.53. The van der Waals surface area contributed by atoms with Crippen molar-refractivity contribution in [3.05, 3.63) is 63.9 Å². The molecule has 4 heteroatoms. The molecular formula is C15H11NO2S. The highest BCUT2D eigenvalue weighted by Gasteiger charge is 2.00. The van der Waals surface area contributed by atoms with Crippen molar-refractivity contribution in [2.45, 2.75) is 6.61 Å². The van der Waals surface area contributed by atoms with Gasteiger partial charge in [0.15, 0.2) is 0 Å². The predicted octanol–water partition coefficient (Wildman–Crippen LogP) is 3.38. The molecule has 94 valence electrons. The molecule has 1 heterocycles. The molecular weight excluding hydrogens is 258 g/mol. The van der Waals surface area contributed by atoms with Gasteiger partial charge >= 0.3 is 5.97 Å². The smallest absolute Gasteiger partial charge is 0.331 e. The van der Waals surface area contributed by atoms with E-state index in [0.29, 0.717) is 5.56 Å². The van der Waals surface area contributed by atoms with Crippen molar-refractivity contribution >= 4 is 23.4 Å². The fourth-order valence-electron chi connectivity index (χ4n) is 1.47. The number of carbonyl (C=O) groups is 1. The maximum absolute atomic E-state index is 11.5. The van der Waals surface area contributed by atoms with Crippen molar-refractivity contribution in [1.29, 1.82) is 5.26 Å². The second-order valence-corrected chi connectivity index (χ2v) is 4.75. The Morgan fingerprint density at radius 2 is 2.26 bits per heavy atom. The molecule has 19 heavy (non-hydrogen) atoms. The van der Waals surface area contributed by atoms with Crippen molar-refractivity contribution in [3.63, 3.8) is 0 Å². The highest BCUT2D eigenvalue weighted by molar-refractivity contribution is 7.10. The summed E-state index contributed by atoms with van der Waals surface area (Å²) in [5, 5.41) is 10.7. The van der Waals surface area contributed by atoms with Crippen LogP contribution >= 0.6 is 11.3 Å². The molecule has 0 N–H and O–H groups in total. The Bertz CT molecular complexity index is 624. The average molecular weight is 269 g/mol. The highest BCUT2D eigenvalue weighted by atomic mass is 32.1. The summed E-state index contributed by atoms with van der Waals surface area (Å²) in [5.74, 6) is -0.393. The summed E-state index contributed by atoms with van der Waals surface area (Å²) in [6.07, 6.45) is 3.12. The largest absolute Gasteiger partial charge is 0.458 e. The number of benzene rings is 1. The number of hydrogen-bond donors (Lipinski definition) is 0. The lowest BCUT2D eigenvalue weighted by molar-refractivity contribution is -0.138. The third kappa shape index (κ3) is 4.09. The topological polar surface area (TPSA) is 50.1 Å². The van der Waals surface area contributed by atoms with Gasteiger partial charge in [-0.15, -0.1) is 11.3 Å². The van der Waals surface area contributed by atoms with E-state index in [1.54, 1.807) is 35.6 Å². The van der Waals surface area contributed by atoms with E-state index in [2.05, 4.69) is 0 Å². The number of rotatable bonds is 4. The summed E-state index contributed by atoms with van der Waals surface area (Å²) < 4.78 is 5.10. The SMILES string of the molecule is N#Cc1cccc(COC(=O)/C=C/c2cccs2)c1. The Morgan fingerprint density at radius 3 is 3.00 bits per heavy atom. The summed E-state index contributed by atoms with van der Waals surface area (Å²) in [6.45, 7) is 0.170. The van der Waals surface area contributed by atoms with Gasteiger partial charge in [-0.05, 0) is 35.2 Å². The van der Waals surface area contributed by atoms with Crippen LogP contribution in [-0.4, -0.2) is 5.97 Å². The molecule has 0 spiro atoms. The molecule has 3 nitrogen and oxygen atoms in total. The van der Waals surface area contributed by atoms with Crippen LogP contribution in [0.4, 0.5) is 0 Å². The van der Waals surface area contributed by atoms with Gasteiger partial charge in [0.1, 0.15) is 6.61 Å². The molecule has 2 rings (SSSR count). The minimum atomic E-state index is -0.393. The minimum Gasteiger partial charge on any atom is -0.458 e. The van der Waals surface area contributed by atoms with Crippen LogP contribution in [0.5, 0.6) is 0 Å². The Morgan fingerprint density at radius 1 is 1.37 bits per heavy atom. The van der Waals surface area contributed by atoms with Crippen molar-refractivity contribution in [2.75, 3.05) is 0 Å². The van der Waals surface area contributed by atoms with E-state index < -0.39 is 5.97 Å². The number of thiophene rings is 1. The first-order valence-electron chi connectivity index (χ1n) is 5.65. The van der Waals surface area contributed by atoms with E-state index in [-0.39, 0.29) is 6.61 Å². The summed E-state index contributed by atoms with van der Waals surface area (Å²) in [6, 6.07) is 12.9. The molecule has 0 aliphatic heterocycles. The predicted molar refractivity (Wildman–Crippen MR) is 74.3 cm³/mol. The van der Waals surface area contributed by atoms with Gasteiger partial charge in [-0.25, -0.2) is 4.79 Å². The molecule has 0 unspecified atom stereocenters. The van der Waals surface area contributed by atoms with Gasteiger partial charge in [-0.3, -0.25) is 0 Å². The summed E-state index contributed by atoms with van der Waals surface area (Å²) in [4.78, 5) is 12.5. The average Bonchev–Trinajstić information content (AvgIpc) is 2.96. The van der Waals surface area contributed by atoms with Crippen LogP contribution in [0.2, 0.25) is 0 Å². The quantitative estimate of drug-likeness (QED) is 0.631. The van der Waals surface area contributed by atoms with Crippen molar-refractivity contribution < 1.29 is 9.53 Å². The van der Waals surface area contributed by atoms with Crippen LogP contribution in [-0.2, 0) is 16.1 Å². The summed E-state index contributed by atoms with van der Waals surface area (Å²) in [5.41, 5.74) is 1.36. The Kier molecular flexibility index (Phi) is 4.49. The molecule has 0 radical (unpaired) electrons. The minimum absolute atomic E-state index is 0.170. The number of nitriles is 1. The van der Waals surface area contributed by atoms with Gasteiger partial charge in [-0.2, -0.15) is 5.26 Å². The zero-order chi connectivity index (χ0) is 13.5. The third-order valence-corrected chi connectivity index (χ3v) is 3.20. The van der Waals surface area contributed by atoms with Crippen LogP contribution in [0.25, 0.3) is 6.08 Å². The molecule has 0 aliphatic carbocycles. The number of hydrogen-bond acceptors (Lipinski definition) is 4. The highest BCUT2D eigenvalue weighted by Crippen LogP contribution is 2.10. The fraction of sp³-hybridized carbons (Fsp3) is 0.0667. The van der Waals surface area contributed by atoms with E-state index in [9.17, 15) is 4.79 Å². The van der Waals surface area contributed by atoms with Crippen molar-refractivity contribution in [1.82, 2.24) is 0 Å². The Labute approximate surface area is 115 Å². The molecule has 0 saturated carbocycles. The van der Waals surface area contributed by atoms with E-state index in [1.165, 1.54) is 6.08 Å². The van der Waals surface area contributed by atoms with Gasteiger partial charge in [0.25, 0.3) is 0 Å². The maximum Gasteiger partial charge on any atom is 0.331 e. The lowest BCUT2D eigenvalue weighted by Gasteiger charge is -2.02. The molecule has 0 fully saturated rings. The second-order valence-electron chi connectivity index (χ2n) is 3.77. The lowest BCUT2D eigenvalue weighted by atomic mass is 10.1. The third-order valence-electron chi connectivity index (χ3n) is 2.36.